The molecule has 1 heterocycles. The van der Waals surface area contributed by atoms with Crippen LogP contribution in [0.5, 0.6) is 23.0 Å². The molecule has 0 saturated heterocycles. The summed E-state index contributed by atoms with van der Waals surface area (Å²) in [4.78, 5) is 13.3. The van der Waals surface area contributed by atoms with Crippen LogP contribution in [-0.2, 0) is 0 Å². The number of hydrogen-bond donors (Lipinski definition) is 1. The van der Waals surface area contributed by atoms with E-state index >= 15 is 0 Å². The maximum Gasteiger partial charge on any atom is 0.196 e. The summed E-state index contributed by atoms with van der Waals surface area (Å²) in [6, 6.07) is 19.6. The molecule has 0 spiro atoms. The van der Waals surface area contributed by atoms with E-state index in [2.05, 4.69) is 0 Å². The first-order chi connectivity index (χ1) is 14.1. The number of para-hydroxylation sites is 1. The Balaban J connectivity index is 1.83. The van der Waals surface area contributed by atoms with Gasteiger partial charge in [-0.05, 0) is 53.6 Å². The summed E-state index contributed by atoms with van der Waals surface area (Å²) >= 11 is 0. The number of carbonyl (C=O) groups is 1. The molecular weight excluding hydrogens is 368 g/mol. The van der Waals surface area contributed by atoms with Gasteiger partial charge < -0.3 is 19.3 Å². The van der Waals surface area contributed by atoms with Crippen LogP contribution in [0.2, 0.25) is 0 Å². The minimum absolute atomic E-state index is 0.0575. The summed E-state index contributed by atoms with van der Waals surface area (Å²) in [5.41, 5.74) is 2.46. The molecule has 0 aliphatic carbocycles. The Morgan fingerprint density at radius 1 is 0.897 bits per heavy atom. The van der Waals surface area contributed by atoms with Gasteiger partial charge in [0.25, 0.3) is 0 Å². The molecule has 0 amide bonds. The quantitative estimate of drug-likeness (QED) is 0.650. The Bertz CT molecular complexity index is 1070. The van der Waals surface area contributed by atoms with Crippen LogP contribution in [0.4, 0.5) is 0 Å². The molecule has 1 N–H and O–H groups in total. The van der Waals surface area contributed by atoms with Crippen molar-refractivity contribution in [3.63, 3.8) is 0 Å². The molecule has 146 valence electrons. The maximum atomic E-state index is 13.3. The number of ketones is 1. The lowest BCUT2D eigenvalue weighted by molar-refractivity contribution is 0.0959. The van der Waals surface area contributed by atoms with Gasteiger partial charge in [0.2, 0.25) is 0 Å². The number of hydrogen-bond acceptors (Lipinski definition) is 5. The summed E-state index contributed by atoms with van der Waals surface area (Å²) in [5, 5.41) is 10.2. The van der Waals surface area contributed by atoms with Crippen molar-refractivity contribution < 1.29 is 24.1 Å². The van der Waals surface area contributed by atoms with Gasteiger partial charge in [-0.2, -0.15) is 0 Å². The highest BCUT2D eigenvalue weighted by Crippen LogP contribution is 2.43. The molecule has 1 atom stereocenters. The first-order valence-corrected chi connectivity index (χ1v) is 9.13. The van der Waals surface area contributed by atoms with Gasteiger partial charge in [0, 0.05) is 5.57 Å². The zero-order valence-electron chi connectivity index (χ0n) is 16.1. The van der Waals surface area contributed by atoms with Gasteiger partial charge in [-0.15, -0.1) is 0 Å². The lowest BCUT2D eigenvalue weighted by Crippen LogP contribution is -2.23. The van der Waals surface area contributed by atoms with Crippen LogP contribution in [-0.4, -0.2) is 25.1 Å². The minimum Gasteiger partial charge on any atom is -0.504 e. The fourth-order valence-corrected chi connectivity index (χ4v) is 3.33. The van der Waals surface area contributed by atoms with Crippen LogP contribution in [0.3, 0.4) is 0 Å². The zero-order valence-corrected chi connectivity index (χ0v) is 16.1. The fraction of sp³-hybridized carbons (Fsp3) is 0.125. The minimum atomic E-state index is -0.656. The average Bonchev–Trinajstić information content (AvgIpc) is 2.76. The number of benzene rings is 3. The van der Waals surface area contributed by atoms with E-state index in [9.17, 15) is 9.90 Å². The largest absolute Gasteiger partial charge is 0.504 e. The normalized spacial score (nSPS) is 16.8. The highest BCUT2D eigenvalue weighted by atomic mass is 16.5. The molecule has 3 aromatic rings. The highest BCUT2D eigenvalue weighted by molar-refractivity contribution is 6.15. The van der Waals surface area contributed by atoms with Crippen molar-refractivity contribution in [2.45, 2.75) is 6.10 Å². The highest BCUT2D eigenvalue weighted by Gasteiger charge is 2.34. The summed E-state index contributed by atoms with van der Waals surface area (Å²) in [6.45, 7) is 0. The van der Waals surface area contributed by atoms with Crippen molar-refractivity contribution in [3.05, 3.63) is 89.0 Å². The van der Waals surface area contributed by atoms with Gasteiger partial charge in [-0.25, -0.2) is 0 Å². The molecule has 1 aliphatic heterocycles. The Hall–Kier alpha value is -3.73. The van der Waals surface area contributed by atoms with Crippen molar-refractivity contribution >= 4 is 11.9 Å². The number of methoxy groups -OCH3 is 2. The molecule has 1 aliphatic rings. The number of ether oxygens (including phenoxy) is 3. The van der Waals surface area contributed by atoms with E-state index in [1.807, 2.05) is 54.6 Å². The van der Waals surface area contributed by atoms with Crippen LogP contribution in [0, 0.1) is 0 Å². The summed E-state index contributed by atoms with van der Waals surface area (Å²) in [5.74, 6) is 1.40. The molecule has 0 saturated carbocycles. The molecule has 0 radical (unpaired) electrons. The van der Waals surface area contributed by atoms with Gasteiger partial charge in [-0.3, -0.25) is 4.79 Å². The summed E-state index contributed by atoms with van der Waals surface area (Å²) in [7, 11) is 3.20. The van der Waals surface area contributed by atoms with Gasteiger partial charge >= 0.3 is 0 Å². The fourth-order valence-electron chi connectivity index (χ4n) is 3.33. The Morgan fingerprint density at radius 3 is 2.14 bits per heavy atom. The van der Waals surface area contributed by atoms with Crippen LogP contribution < -0.4 is 14.2 Å². The van der Waals surface area contributed by atoms with Crippen molar-refractivity contribution in [1.29, 1.82) is 0 Å². The molecular formula is C24H20O5. The summed E-state index contributed by atoms with van der Waals surface area (Å²) in [6.07, 6.45) is 1.15. The number of phenolic OH excluding ortho intramolecular Hbond substituents is 1. The van der Waals surface area contributed by atoms with Gasteiger partial charge in [-0.1, -0.05) is 30.3 Å². The van der Waals surface area contributed by atoms with Gasteiger partial charge in [0.05, 0.1) is 19.8 Å². The van der Waals surface area contributed by atoms with E-state index in [-0.39, 0.29) is 17.3 Å². The van der Waals surface area contributed by atoms with E-state index < -0.39 is 6.10 Å². The molecule has 0 fully saturated rings. The SMILES string of the molecule is COc1ccc(C=C2C(=O)c3cccc(O)c3OC2c2ccc(OC)cc2)cc1. The molecule has 0 bridgehead atoms. The van der Waals surface area contributed by atoms with Crippen LogP contribution >= 0.6 is 0 Å². The Kier molecular flexibility index (Phi) is 4.96. The third-order valence-electron chi connectivity index (χ3n) is 4.88. The number of aromatic hydroxyl groups is 1. The zero-order chi connectivity index (χ0) is 20.4. The third-order valence-corrected chi connectivity index (χ3v) is 4.88. The molecule has 29 heavy (non-hydrogen) atoms. The average molecular weight is 388 g/mol. The van der Waals surface area contributed by atoms with E-state index in [1.165, 1.54) is 6.07 Å². The van der Waals surface area contributed by atoms with Crippen LogP contribution in [0.15, 0.2) is 72.3 Å². The van der Waals surface area contributed by atoms with Crippen LogP contribution in [0.1, 0.15) is 27.6 Å². The van der Waals surface area contributed by atoms with E-state index in [1.54, 1.807) is 26.4 Å². The van der Waals surface area contributed by atoms with Crippen molar-refractivity contribution in [1.82, 2.24) is 0 Å². The molecule has 1 unspecified atom stereocenters. The van der Waals surface area contributed by atoms with Crippen molar-refractivity contribution in [2.75, 3.05) is 14.2 Å². The second-order valence-corrected chi connectivity index (χ2v) is 6.63. The molecule has 5 heteroatoms. The topological polar surface area (TPSA) is 65.0 Å². The van der Waals surface area contributed by atoms with Crippen molar-refractivity contribution in [3.8, 4) is 23.0 Å². The Labute approximate surface area is 168 Å². The molecule has 0 aromatic heterocycles. The van der Waals surface area contributed by atoms with Gasteiger partial charge in [0.1, 0.15) is 11.5 Å². The molecule has 3 aromatic carbocycles. The predicted molar refractivity (Wildman–Crippen MR) is 110 cm³/mol. The van der Waals surface area contributed by atoms with Gasteiger partial charge in [0.15, 0.2) is 23.4 Å². The number of rotatable bonds is 4. The second-order valence-electron chi connectivity index (χ2n) is 6.63. The number of fused-ring (bicyclic) bond motifs is 1. The molecule has 4 rings (SSSR count). The smallest absolute Gasteiger partial charge is 0.196 e. The number of Topliss-reactive ketones (excluding diaryl/α,β-unsaturated/α-hetero) is 1. The molecule has 5 nitrogen and oxygen atoms in total. The number of phenols is 1. The van der Waals surface area contributed by atoms with Crippen molar-refractivity contribution in [2.24, 2.45) is 0 Å². The standard InChI is InChI=1S/C24H20O5/c1-27-17-10-6-15(7-11-17)14-20-22(26)19-4-3-5-21(25)24(19)29-23(20)16-8-12-18(28-2)13-9-16/h3-14,23,25H,1-2H3. The van der Waals surface area contributed by atoms with Crippen LogP contribution in [0.25, 0.3) is 6.08 Å². The predicted octanol–water partition coefficient (Wildman–Crippen LogP) is 4.81. The lowest BCUT2D eigenvalue weighted by Gasteiger charge is -2.28. The first kappa shape index (κ1) is 18.6. The van der Waals surface area contributed by atoms with E-state index in [0.717, 1.165) is 16.9 Å². The van der Waals surface area contributed by atoms with E-state index in [0.29, 0.717) is 16.9 Å². The second kappa shape index (κ2) is 7.72. The third kappa shape index (κ3) is 3.55. The first-order valence-electron chi connectivity index (χ1n) is 9.13. The Morgan fingerprint density at radius 2 is 1.52 bits per heavy atom. The lowest BCUT2D eigenvalue weighted by atomic mass is 9.89. The summed E-state index contributed by atoms with van der Waals surface area (Å²) < 4.78 is 16.5. The monoisotopic (exact) mass is 388 g/mol. The number of carbonyl (C=O) groups excluding carboxylic acids is 1. The maximum absolute atomic E-state index is 13.3. The van der Waals surface area contributed by atoms with E-state index in [4.69, 9.17) is 14.2 Å².